The molecule has 7 N–H and O–H groups in total. The molecule has 0 aromatic rings. The van der Waals surface area contributed by atoms with E-state index in [1.807, 2.05) is 6.92 Å². The Bertz CT molecular complexity index is 1370. The van der Waals surface area contributed by atoms with Gasteiger partial charge in [-0.1, -0.05) is 39.3 Å². The zero-order chi connectivity index (χ0) is 36.3. The molecule has 278 valence electrons. The number of esters is 1. The molecule has 1 saturated heterocycles. The highest BCUT2D eigenvalue weighted by Gasteiger charge is 2.73. The van der Waals surface area contributed by atoms with Crippen LogP contribution in [0.3, 0.4) is 0 Å². The molecule has 5 fully saturated rings. The number of allylic oxidation sites excluding steroid dienone is 1. The molecule has 1 heterocycles. The highest BCUT2D eigenvalue weighted by Crippen LogP contribution is 2.76. The van der Waals surface area contributed by atoms with Crippen LogP contribution in [0.2, 0.25) is 0 Å². The van der Waals surface area contributed by atoms with Crippen molar-refractivity contribution in [1.29, 1.82) is 0 Å². The lowest BCUT2D eigenvalue weighted by Crippen LogP contribution is -2.70. The molecule has 0 aromatic heterocycles. The van der Waals surface area contributed by atoms with Gasteiger partial charge in [0, 0.05) is 13.0 Å². The van der Waals surface area contributed by atoms with E-state index in [1.165, 1.54) is 7.11 Å². The highest BCUT2D eigenvalue weighted by atomic mass is 16.7. The molecule has 49 heavy (non-hydrogen) atoms. The molecule has 0 bridgehead atoms. The van der Waals surface area contributed by atoms with Crippen molar-refractivity contribution in [3.8, 4) is 0 Å². The quantitative estimate of drug-likeness (QED) is 0.164. The van der Waals surface area contributed by atoms with Gasteiger partial charge in [0.05, 0.1) is 35.2 Å². The van der Waals surface area contributed by atoms with Crippen LogP contribution < -0.4 is 0 Å². The Morgan fingerprint density at radius 1 is 0.959 bits per heavy atom. The maximum atomic E-state index is 14.6. The zero-order valence-corrected chi connectivity index (χ0v) is 30.0. The van der Waals surface area contributed by atoms with Crippen molar-refractivity contribution in [2.45, 2.75) is 141 Å². The number of hydrogen-bond donors (Lipinski definition) is 7. The van der Waals surface area contributed by atoms with Crippen molar-refractivity contribution < 1.29 is 59.5 Å². The van der Waals surface area contributed by atoms with Gasteiger partial charge in [-0.05, 0) is 99.2 Å². The van der Waals surface area contributed by atoms with E-state index in [1.54, 1.807) is 13.8 Å². The van der Waals surface area contributed by atoms with Crippen LogP contribution in [0.4, 0.5) is 0 Å². The summed E-state index contributed by atoms with van der Waals surface area (Å²) >= 11 is 0. The predicted molar refractivity (Wildman–Crippen MR) is 174 cm³/mol. The monoisotopic (exact) mass is 694 g/mol. The number of carbonyl (C=O) groups excluding carboxylic acids is 1. The first-order valence-electron chi connectivity index (χ1n) is 18.1. The van der Waals surface area contributed by atoms with E-state index in [0.29, 0.717) is 44.9 Å². The maximum absolute atomic E-state index is 14.6. The lowest BCUT2D eigenvalue weighted by atomic mass is 9.33. The highest BCUT2D eigenvalue weighted by molar-refractivity contribution is 5.79. The second-order valence-electron chi connectivity index (χ2n) is 17.7. The summed E-state index contributed by atoms with van der Waals surface area (Å²) in [7, 11) is 1.31. The Balaban J connectivity index is 1.40. The summed E-state index contributed by atoms with van der Waals surface area (Å²) in [5.41, 5.74) is -4.43. The van der Waals surface area contributed by atoms with Crippen molar-refractivity contribution in [2.75, 3.05) is 13.7 Å². The number of hydrogen-bond acceptors (Lipinski definition) is 11. The van der Waals surface area contributed by atoms with Gasteiger partial charge in [-0.25, -0.2) is 0 Å². The molecule has 4 saturated carbocycles. The molecule has 6 rings (SSSR count). The molecule has 0 radical (unpaired) electrons. The number of aliphatic hydroxyl groups is 6. The zero-order valence-electron chi connectivity index (χ0n) is 30.0. The third-order valence-corrected chi connectivity index (χ3v) is 15.9. The van der Waals surface area contributed by atoms with Crippen LogP contribution in [-0.4, -0.2) is 110 Å². The molecule has 12 nitrogen and oxygen atoms in total. The van der Waals surface area contributed by atoms with Crippen LogP contribution in [-0.2, 0) is 23.8 Å². The number of carboxylic acid groups (broad SMARTS) is 1. The van der Waals surface area contributed by atoms with Gasteiger partial charge < -0.3 is 50.0 Å². The van der Waals surface area contributed by atoms with Crippen molar-refractivity contribution in [1.82, 2.24) is 0 Å². The Morgan fingerprint density at radius 3 is 2.24 bits per heavy atom. The molecule has 17 unspecified atom stereocenters. The smallest absolute Gasteiger partial charge is 0.315 e. The van der Waals surface area contributed by atoms with E-state index in [0.717, 1.165) is 5.57 Å². The Kier molecular flexibility index (Phi) is 9.05. The number of ether oxygens (including phenoxy) is 3. The number of aliphatic hydroxyl groups excluding tert-OH is 5. The van der Waals surface area contributed by atoms with Crippen molar-refractivity contribution in [3.63, 3.8) is 0 Å². The molecular weight excluding hydrogens is 636 g/mol. The SMILES string of the molecule is COC1C(O)C(CO)OC(OC(=O)C23CCC(C)C(C)(O)C2C2=CCC4C5(C)CC(O)C(O)C(C)(C(=O)O)C5CCC4(C)C2(C)CC3)C1O. The van der Waals surface area contributed by atoms with Gasteiger partial charge >= 0.3 is 11.9 Å². The molecule has 1 aliphatic heterocycles. The summed E-state index contributed by atoms with van der Waals surface area (Å²) in [6, 6.07) is 0. The Labute approximate surface area is 288 Å². The van der Waals surface area contributed by atoms with Crippen LogP contribution in [0, 0.1) is 50.7 Å². The minimum absolute atomic E-state index is 0.0302. The first-order chi connectivity index (χ1) is 22.7. The second kappa shape index (κ2) is 11.9. The summed E-state index contributed by atoms with van der Waals surface area (Å²) in [4.78, 5) is 27.3. The van der Waals surface area contributed by atoms with Gasteiger partial charge in [0.1, 0.15) is 24.4 Å². The first-order valence-corrected chi connectivity index (χ1v) is 18.1. The van der Waals surface area contributed by atoms with Gasteiger partial charge in [-0.3, -0.25) is 9.59 Å². The lowest BCUT2D eigenvalue weighted by Gasteiger charge is -2.71. The van der Waals surface area contributed by atoms with E-state index < -0.39 is 94.6 Å². The third kappa shape index (κ3) is 4.77. The van der Waals surface area contributed by atoms with Gasteiger partial charge in [-0.2, -0.15) is 0 Å². The molecule has 0 amide bonds. The third-order valence-electron chi connectivity index (χ3n) is 15.9. The van der Waals surface area contributed by atoms with Gasteiger partial charge in [0.2, 0.25) is 6.29 Å². The first kappa shape index (κ1) is 37.1. The minimum Gasteiger partial charge on any atom is -0.481 e. The van der Waals surface area contributed by atoms with E-state index >= 15 is 0 Å². The molecular formula is C37H58O12. The van der Waals surface area contributed by atoms with Crippen LogP contribution in [0.5, 0.6) is 0 Å². The average Bonchev–Trinajstić information content (AvgIpc) is 3.03. The summed E-state index contributed by atoms with van der Waals surface area (Å²) in [6.07, 6.45) is -2.93. The van der Waals surface area contributed by atoms with Crippen molar-refractivity contribution in [2.24, 2.45) is 50.7 Å². The number of carboxylic acids is 1. The minimum atomic E-state index is -1.51. The van der Waals surface area contributed by atoms with Gasteiger partial charge in [-0.15, -0.1) is 0 Å². The fraction of sp³-hybridized carbons (Fsp3) is 0.892. The fourth-order valence-corrected chi connectivity index (χ4v) is 12.6. The van der Waals surface area contributed by atoms with Crippen LogP contribution in [0.25, 0.3) is 0 Å². The Hall–Kier alpha value is -1.64. The number of rotatable bonds is 5. The molecule has 17 atom stereocenters. The van der Waals surface area contributed by atoms with E-state index in [-0.39, 0.29) is 29.6 Å². The maximum Gasteiger partial charge on any atom is 0.315 e. The molecule has 5 aliphatic carbocycles. The van der Waals surface area contributed by atoms with Crippen molar-refractivity contribution in [3.05, 3.63) is 11.6 Å². The normalized spacial score (nSPS) is 55.5. The number of methoxy groups -OCH3 is 1. The summed E-state index contributed by atoms with van der Waals surface area (Å²) < 4.78 is 17.0. The molecule has 6 aliphatic rings. The topological polar surface area (TPSA) is 203 Å². The predicted octanol–water partition coefficient (Wildman–Crippen LogP) is 2.15. The molecule has 0 aromatic carbocycles. The van der Waals surface area contributed by atoms with Gasteiger partial charge in [0.15, 0.2) is 0 Å². The lowest BCUT2D eigenvalue weighted by molar-refractivity contribution is -0.302. The van der Waals surface area contributed by atoms with E-state index in [2.05, 4.69) is 26.8 Å². The average molecular weight is 695 g/mol. The Morgan fingerprint density at radius 2 is 1.63 bits per heavy atom. The number of aliphatic carboxylic acids is 1. The number of fused-ring (bicyclic) bond motifs is 7. The second-order valence-corrected chi connectivity index (χ2v) is 17.7. The summed E-state index contributed by atoms with van der Waals surface area (Å²) in [6.45, 7) is 11.3. The van der Waals surface area contributed by atoms with Crippen LogP contribution >= 0.6 is 0 Å². The summed E-state index contributed by atoms with van der Waals surface area (Å²) in [5, 5.41) is 76.4. The largest absolute Gasteiger partial charge is 0.481 e. The standard InChI is InChI=1S/C37H58O12/c1-18-10-13-37(31(45)49-29-25(41)26(47-7)24(40)21(17-38)48-29)15-14-33(3)19(27(37)36(18,6)46)8-9-22-32(2)16-20(39)28(42)35(5,30(43)44)23(32)11-12-34(22,33)4/h8,18,20-29,38-42,46H,9-17H2,1-7H3,(H,43,44). The van der Waals surface area contributed by atoms with Crippen LogP contribution in [0.1, 0.15) is 92.9 Å². The van der Waals surface area contributed by atoms with Crippen molar-refractivity contribution >= 4 is 11.9 Å². The number of carbonyl (C=O) groups is 2. The van der Waals surface area contributed by atoms with E-state index in [9.17, 15) is 45.3 Å². The molecule has 0 spiro atoms. The van der Waals surface area contributed by atoms with Crippen LogP contribution in [0.15, 0.2) is 11.6 Å². The van der Waals surface area contributed by atoms with E-state index in [4.69, 9.17) is 14.2 Å². The van der Waals surface area contributed by atoms with Gasteiger partial charge in [0.25, 0.3) is 0 Å². The molecule has 12 heteroatoms. The fourth-order valence-electron chi connectivity index (χ4n) is 12.6. The summed E-state index contributed by atoms with van der Waals surface area (Å²) in [5.74, 6) is -2.87.